The van der Waals surface area contributed by atoms with Gasteiger partial charge in [-0.1, -0.05) is 6.92 Å². The zero-order chi connectivity index (χ0) is 10.7. The highest BCUT2D eigenvalue weighted by Crippen LogP contribution is 2.20. The van der Waals surface area contributed by atoms with Crippen molar-refractivity contribution >= 4 is 5.69 Å². The average molecular weight is 208 g/mol. The molecule has 0 unspecified atom stereocenters. The zero-order valence-corrected chi connectivity index (χ0v) is 9.66. The van der Waals surface area contributed by atoms with E-state index in [1.807, 2.05) is 11.7 Å². The molecule has 2 rings (SSSR count). The minimum atomic E-state index is 1.01. The second kappa shape index (κ2) is 4.66. The van der Waals surface area contributed by atoms with Gasteiger partial charge < -0.3 is 10.2 Å². The van der Waals surface area contributed by atoms with E-state index in [-0.39, 0.29) is 0 Å². The number of hydrogen-bond donors (Lipinski definition) is 1. The summed E-state index contributed by atoms with van der Waals surface area (Å²) in [5.74, 6) is 0. The van der Waals surface area contributed by atoms with Gasteiger partial charge in [0, 0.05) is 32.9 Å². The normalized spacial score (nSPS) is 17.9. The summed E-state index contributed by atoms with van der Waals surface area (Å²) in [4.78, 5) is 2.45. The Kier molecular flexibility index (Phi) is 3.26. The molecule has 0 aromatic carbocycles. The minimum Gasteiger partial charge on any atom is -0.367 e. The molecule has 1 N–H and O–H groups in total. The Morgan fingerprint density at radius 2 is 2.27 bits per heavy atom. The molecule has 84 valence electrons. The van der Waals surface area contributed by atoms with Crippen LogP contribution in [0.1, 0.15) is 19.0 Å². The first-order chi connectivity index (χ1) is 7.31. The fourth-order valence-corrected chi connectivity index (χ4v) is 2.12. The lowest BCUT2D eigenvalue weighted by atomic mass is 10.2. The molecule has 2 heterocycles. The van der Waals surface area contributed by atoms with E-state index in [0.717, 1.165) is 32.6 Å². The maximum atomic E-state index is 4.49. The predicted octanol–water partition coefficient (Wildman–Crippen LogP) is 0.782. The van der Waals surface area contributed by atoms with E-state index in [0.29, 0.717) is 0 Å². The lowest BCUT2D eigenvalue weighted by Crippen LogP contribution is -2.28. The first-order valence-corrected chi connectivity index (χ1v) is 5.79. The summed E-state index contributed by atoms with van der Waals surface area (Å²) in [5.41, 5.74) is 2.54. The van der Waals surface area contributed by atoms with Gasteiger partial charge in [0.1, 0.15) is 0 Å². The number of anilines is 1. The third kappa shape index (κ3) is 2.31. The average Bonchev–Trinajstić information content (AvgIpc) is 2.47. The van der Waals surface area contributed by atoms with Crippen LogP contribution < -0.4 is 10.2 Å². The molecule has 0 spiro atoms. The van der Waals surface area contributed by atoms with Crippen LogP contribution in [-0.4, -0.2) is 36.0 Å². The fraction of sp³-hybridized carbons (Fsp3) is 0.727. The molecule has 1 saturated heterocycles. The molecule has 0 atom stereocenters. The van der Waals surface area contributed by atoms with Crippen LogP contribution in [0.15, 0.2) is 6.20 Å². The van der Waals surface area contributed by atoms with E-state index in [4.69, 9.17) is 0 Å². The largest absolute Gasteiger partial charge is 0.367 e. The summed E-state index contributed by atoms with van der Waals surface area (Å²) in [7, 11) is 2.00. The Balaban J connectivity index is 2.18. The first-order valence-electron chi connectivity index (χ1n) is 5.79. The van der Waals surface area contributed by atoms with Crippen molar-refractivity contribution < 1.29 is 0 Å². The van der Waals surface area contributed by atoms with Crippen molar-refractivity contribution in [3.63, 3.8) is 0 Å². The molecule has 1 fully saturated rings. The van der Waals surface area contributed by atoms with E-state index in [1.54, 1.807) is 0 Å². The molecule has 0 saturated carbocycles. The molecule has 0 bridgehead atoms. The third-order valence-electron chi connectivity index (χ3n) is 2.90. The van der Waals surface area contributed by atoms with Gasteiger partial charge in [0.25, 0.3) is 0 Å². The van der Waals surface area contributed by atoms with E-state index in [1.165, 1.54) is 17.8 Å². The molecule has 15 heavy (non-hydrogen) atoms. The number of nitrogens with zero attached hydrogens (tertiary/aromatic N) is 3. The Morgan fingerprint density at radius 1 is 1.40 bits per heavy atom. The summed E-state index contributed by atoms with van der Waals surface area (Å²) in [6.45, 7) is 6.63. The van der Waals surface area contributed by atoms with Crippen molar-refractivity contribution in [1.82, 2.24) is 15.1 Å². The van der Waals surface area contributed by atoms with Crippen molar-refractivity contribution in [3.05, 3.63) is 11.9 Å². The van der Waals surface area contributed by atoms with Crippen LogP contribution in [0.25, 0.3) is 0 Å². The number of aryl methyl sites for hydroxylation is 2. The van der Waals surface area contributed by atoms with Crippen molar-refractivity contribution in [1.29, 1.82) is 0 Å². The van der Waals surface area contributed by atoms with Gasteiger partial charge in [-0.2, -0.15) is 5.10 Å². The zero-order valence-electron chi connectivity index (χ0n) is 9.66. The molecule has 1 aliphatic rings. The Hall–Kier alpha value is -1.03. The van der Waals surface area contributed by atoms with Crippen LogP contribution in [0.5, 0.6) is 0 Å². The molecule has 4 heteroatoms. The second-order valence-corrected chi connectivity index (χ2v) is 4.08. The fourth-order valence-electron chi connectivity index (χ4n) is 2.12. The minimum absolute atomic E-state index is 1.01. The van der Waals surface area contributed by atoms with Gasteiger partial charge in [-0.25, -0.2) is 0 Å². The highest BCUT2D eigenvalue weighted by atomic mass is 15.3. The maximum absolute atomic E-state index is 4.49. The molecule has 0 radical (unpaired) electrons. The van der Waals surface area contributed by atoms with Gasteiger partial charge in [0.15, 0.2) is 0 Å². The third-order valence-corrected chi connectivity index (χ3v) is 2.90. The van der Waals surface area contributed by atoms with Gasteiger partial charge in [0.2, 0.25) is 0 Å². The first kappa shape index (κ1) is 10.5. The van der Waals surface area contributed by atoms with E-state index in [9.17, 15) is 0 Å². The number of nitrogens with one attached hydrogen (secondary N) is 1. The van der Waals surface area contributed by atoms with Gasteiger partial charge in [-0.15, -0.1) is 0 Å². The highest BCUT2D eigenvalue weighted by molar-refractivity contribution is 5.49. The molecular weight excluding hydrogens is 188 g/mol. The summed E-state index contributed by atoms with van der Waals surface area (Å²) in [5, 5.41) is 7.91. The molecule has 4 nitrogen and oxygen atoms in total. The molecular formula is C11H20N4. The van der Waals surface area contributed by atoms with Crippen LogP contribution in [-0.2, 0) is 13.5 Å². The standard InChI is InChI=1S/C11H20N4/c1-3-10-11(9-14(2)13-10)15-7-4-5-12-6-8-15/h9,12H,3-8H2,1-2H3. The van der Waals surface area contributed by atoms with Crippen LogP contribution in [0, 0.1) is 0 Å². The van der Waals surface area contributed by atoms with Crippen molar-refractivity contribution in [2.24, 2.45) is 7.05 Å². The second-order valence-electron chi connectivity index (χ2n) is 4.08. The molecule has 1 aromatic rings. The SMILES string of the molecule is CCc1nn(C)cc1N1CCCNCC1. The van der Waals surface area contributed by atoms with Gasteiger partial charge in [-0.05, 0) is 19.4 Å². The van der Waals surface area contributed by atoms with E-state index >= 15 is 0 Å². The highest BCUT2D eigenvalue weighted by Gasteiger charge is 2.14. The van der Waals surface area contributed by atoms with Gasteiger partial charge in [-0.3, -0.25) is 4.68 Å². The van der Waals surface area contributed by atoms with E-state index in [2.05, 4.69) is 28.4 Å². The number of aromatic nitrogens is 2. The lowest BCUT2D eigenvalue weighted by Gasteiger charge is -2.21. The number of rotatable bonds is 2. The predicted molar refractivity (Wildman–Crippen MR) is 62.3 cm³/mol. The van der Waals surface area contributed by atoms with Gasteiger partial charge in [0.05, 0.1) is 11.4 Å². The van der Waals surface area contributed by atoms with Crippen LogP contribution in [0.4, 0.5) is 5.69 Å². The summed E-state index contributed by atoms with van der Waals surface area (Å²) >= 11 is 0. The van der Waals surface area contributed by atoms with Crippen LogP contribution in [0.2, 0.25) is 0 Å². The van der Waals surface area contributed by atoms with Crippen molar-refractivity contribution in [2.45, 2.75) is 19.8 Å². The van der Waals surface area contributed by atoms with Crippen molar-refractivity contribution in [2.75, 3.05) is 31.1 Å². The molecule has 0 amide bonds. The summed E-state index contributed by atoms with van der Waals surface area (Å²) in [6, 6.07) is 0. The van der Waals surface area contributed by atoms with E-state index < -0.39 is 0 Å². The smallest absolute Gasteiger partial charge is 0.0855 e. The monoisotopic (exact) mass is 208 g/mol. The number of hydrogen-bond acceptors (Lipinski definition) is 3. The lowest BCUT2D eigenvalue weighted by molar-refractivity contribution is 0.724. The van der Waals surface area contributed by atoms with Crippen molar-refractivity contribution in [3.8, 4) is 0 Å². The van der Waals surface area contributed by atoms with Crippen LogP contribution >= 0.6 is 0 Å². The van der Waals surface area contributed by atoms with Crippen LogP contribution in [0.3, 0.4) is 0 Å². The molecule has 1 aliphatic heterocycles. The summed E-state index contributed by atoms with van der Waals surface area (Å²) in [6.07, 6.45) is 4.38. The Bertz CT molecular complexity index is 310. The van der Waals surface area contributed by atoms with Gasteiger partial charge >= 0.3 is 0 Å². The Morgan fingerprint density at radius 3 is 3.07 bits per heavy atom. The summed E-state index contributed by atoms with van der Waals surface area (Å²) < 4.78 is 1.92. The quantitative estimate of drug-likeness (QED) is 0.780. The maximum Gasteiger partial charge on any atom is 0.0855 e. The molecule has 0 aliphatic carbocycles. The molecule has 1 aromatic heterocycles. The Labute approximate surface area is 91.3 Å². The topological polar surface area (TPSA) is 33.1 Å².